The molecule has 2 heterocycles. The summed E-state index contributed by atoms with van der Waals surface area (Å²) in [6.45, 7) is 11.3. The molecular formula is C43H52N6O12. The van der Waals surface area contributed by atoms with E-state index in [2.05, 4.69) is 30.5 Å². The van der Waals surface area contributed by atoms with Gasteiger partial charge in [-0.05, 0) is 71.0 Å². The monoisotopic (exact) mass is 844 g/mol. The first-order valence-electron chi connectivity index (χ1n) is 19.1. The van der Waals surface area contributed by atoms with E-state index in [0.29, 0.717) is 18.8 Å². The second-order valence-electron chi connectivity index (χ2n) is 11.6. The summed E-state index contributed by atoms with van der Waals surface area (Å²) in [5.74, 6) is -2.35. The van der Waals surface area contributed by atoms with Gasteiger partial charge in [-0.2, -0.15) is 0 Å². The zero-order valence-electron chi connectivity index (χ0n) is 35.2. The van der Waals surface area contributed by atoms with Crippen molar-refractivity contribution in [1.82, 2.24) is 25.0 Å². The molecular weight excluding hydrogens is 793 g/mol. The highest BCUT2D eigenvalue weighted by Crippen LogP contribution is 2.19. The number of nitrogens with zero attached hydrogens (tertiary/aromatic N) is 3. The second kappa shape index (κ2) is 27.9. The molecule has 5 aromatic rings. The van der Waals surface area contributed by atoms with Gasteiger partial charge in [-0.15, -0.1) is 5.10 Å². The van der Waals surface area contributed by atoms with Gasteiger partial charge in [0.2, 0.25) is 11.8 Å². The predicted octanol–water partition coefficient (Wildman–Crippen LogP) is 5.58. The molecule has 3 aromatic carbocycles. The van der Waals surface area contributed by atoms with Crippen LogP contribution < -0.4 is 21.1 Å². The molecule has 0 aliphatic rings. The van der Waals surface area contributed by atoms with Crippen LogP contribution in [-0.4, -0.2) is 89.5 Å². The summed E-state index contributed by atoms with van der Waals surface area (Å²) in [5, 5.41) is 6.76. The van der Waals surface area contributed by atoms with Crippen molar-refractivity contribution in [1.29, 1.82) is 0 Å². The van der Waals surface area contributed by atoms with Crippen LogP contribution >= 0.6 is 0 Å². The lowest BCUT2D eigenvalue weighted by atomic mass is 10.3. The third kappa shape index (κ3) is 17.4. The molecule has 0 unspecified atom stereocenters. The Morgan fingerprint density at radius 2 is 1.15 bits per heavy atom. The minimum atomic E-state index is -0.732. The van der Waals surface area contributed by atoms with E-state index < -0.39 is 29.4 Å². The average molecular weight is 845 g/mol. The molecule has 0 saturated heterocycles. The molecule has 18 nitrogen and oxygen atoms in total. The number of hydrogen-bond acceptors (Lipinski definition) is 14. The maximum atomic E-state index is 11.7. The molecule has 0 aliphatic carbocycles. The smallest absolute Gasteiger partial charge is 0.348 e. The Bertz CT molecular complexity index is 2160. The van der Waals surface area contributed by atoms with E-state index in [-0.39, 0.29) is 42.7 Å². The molecule has 3 N–H and O–H groups in total. The highest BCUT2D eigenvalue weighted by atomic mass is 16.6. The molecule has 61 heavy (non-hydrogen) atoms. The van der Waals surface area contributed by atoms with Gasteiger partial charge in [-0.1, -0.05) is 54.6 Å². The molecule has 0 fully saturated rings. The lowest BCUT2D eigenvalue weighted by Crippen LogP contribution is -2.26. The number of methoxy groups -OCH3 is 1. The maximum absolute atomic E-state index is 11.7. The lowest BCUT2D eigenvalue weighted by molar-refractivity contribution is -0.146. The summed E-state index contributed by atoms with van der Waals surface area (Å²) in [7, 11) is 1.47. The highest BCUT2D eigenvalue weighted by molar-refractivity contribution is 6.13. The maximum Gasteiger partial charge on any atom is 0.348 e. The number of benzene rings is 3. The van der Waals surface area contributed by atoms with Gasteiger partial charge in [-0.3, -0.25) is 30.2 Å². The Kier molecular flexibility index (Phi) is 22.7. The predicted molar refractivity (Wildman–Crippen MR) is 225 cm³/mol. The minimum Gasteiger partial charge on any atom is -0.500 e. The number of nitrogens with one attached hydrogen (secondary N) is 3. The van der Waals surface area contributed by atoms with Crippen molar-refractivity contribution in [3.8, 4) is 17.3 Å². The van der Waals surface area contributed by atoms with Crippen LogP contribution in [0.1, 0.15) is 62.3 Å². The number of para-hydroxylation sites is 3. The SMILES string of the molecule is CC(=O)NNc1ccccc1.CCOC(=O)c1cn(-c2ccccc2)[nH]c1=O.CCOC(=O)c1cn(-c2ccccc2)nc1OC.CCOC=C(C(=O)OCC)C(=O)OCC. The van der Waals surface area contributed by atoms with E-state index in [1.54, 1.807) is 45.5 Å². The van der Waals surface area contributed by atoms with Gasteiger partial charge in [0.15, 0.2) is 5.57 Å². The quantitative estimate of drug-likeness (QED) is 0.0223. The Morgan fingerprint density at radius 3 is 1.62 bits per heavy atom. The molecule has 326 valence electrons. The molecule has 0 aliphatic heterocycles. The molecule has 18 heteroatoms. The summed E-state index contributed by atoms with van der Waals surface area (Å²) in [5.41, 5.74) is 7.38. The third-order valence-electron chi connectivity index (χ3n) is 7.16. The number of anilines is 1. The molecule has 0 bridgehead atoms. The fourth-order valence-corrected chi connectivity index (χ4v) is 4.49. The number of hydrazine groups is 1. The first kappa shape index (κ1) is 49.5. The van der Waals surface area contributed by atoms with Crippen LogP contribution in [0.25, 0.3) is 11.4 Å². The Hall–Kier alpha value is -7.63. The van der Waals surface area contributed by atoms with E-state index in [9.17, 15) is 28.8 Å². The summed E-state index contributed by atoms with van der Waals surface area (Å²) in [6, 6.07) is 28.1. The van der Waals surface area contributed by atoms with Crippen LogP contribution in [0.5, 0.6) is 5.88 Å². The Morgan fingerprint density at radius 1 is 0.656 bits per heavy atom. The number of ether oxygens (including phenoxy) is 6. The third-order valence-corrected chi connectivity index (χ3v) is 7.16. The first-order valence-corrected chi connectivity index (χ1v) is 19.1. The zero-order valence-corrected chi connectivity index (χ0v) is 35.2. The number of rotatable bonds is 15. The highest BCUT2D eigenvalue weighted by Gasteiger charge is 2.22. The summed E-state index contributed by atoms with van der Waals surface area (Å²) in [6.07, 6.45) is 4.11. The molecule has 1 amide bonds. The fourth-order valence-electron chi connectivity index (χ4n) is 4.49. The van der Waals surface area contributed by atoms with Crippen molar-refractivity contribution < 1.29 is 52.4 Å². The van der Waals surface area contributed by atoms with Crippen molar-refractivity contribution in [2.24, 2.45) is 0 Å². The minimum absolute atomic E-state index is 0.00991. The summed E-state index contributed by atoms with van der Waals surface area (Å²) in [4.78, 5) is 67.8. The number of hydrogen-bond donors (Lipinski definition) is 3. The Labute approximate surface area is 353 Å². The number of amides is 1. The van der Waals surface area contributed by atoms with Gasteiger partial charge in [0.1, 0.15) is 17.4 Å². The van der Waals surface area contributed by atoms with Gasteiger partial charge >= 0.3 is 23.9 Å². The standard InChI is InChI=1S/C13H14N2O3.C12H12N2O3.C10H16O5.C8H10N2O/c1-3-18-13(16)11-9-15(14-12(11)17-2)10-7-5-4-6-8-10;1-2-17-12(16)10-8-14(13-11(10)15)9-6-4-3-5-7-9;1-4-13-7-8(9(11)14-5-2)10(12)15-6-3;1-7(11)9-10-8-5-3-2-4-6-8/h4-9H,3H2,1-2H3;3-8H,2H2,1H3,(H,13,15);7H,4-6H2,1-3H3;2-6,10H,1H3,(H,9,11). The molecule has 0 atom stereocenters. The van der Waals surface area contributed by atoms with Crippen molar-refractivity contribution in [3.05, 3.63) is 137 Å². The summed E-state index contributed by atoms with van der Waals surface area (Å²) < 4.78 is 32.1. The fraction of sp³-hybridized carbons (Fsp3) is 0.279. The van der Waals surface area contributed by atoms with E-state index in [4.69, 9.17) is 18.9 Å². The number of carbonyl (C=O) groups excluding carboxylic acids is 5. The van der Waals surface area contributed by atoms with E-state index in [1.165, 1.54) is 24.9 Å². The zero-order chi connectivity index (χ0) is 45.0. The number of aromatic nitrogens is 4. The van der Waals surface area contributed by atoms with Gasteiger partial charge in [-0.25, -0.2) is 23.9 Å². The van der Waals surface area contributed by atoms with E-state index >= 15 is 0 Å². The van der Waals surface area contributed by atoms with Crippen LogP contribution in [-0.2, 0) is 38.1 Å². The van der Waals surface area contributed by atoms with Crippen LogP contribution in [0.4, 0.5) is 5.69 Å². The van der Waals surface area contributed by atoms with E-state index in [0.717, 1.165) is 23.3 Å². The average Bonchev–Trinajstić information content (AvgIpc) is 3.89. The topological polar surface area (TPSA) is 220 Å². The van der Waals surface area contributed by atoms with Gasteiger partial charge in [0, 0.05) is 19.3 Å². The van der Waals surface area contributed by atoms with Gasteiger partial charge in [0.05, 0.1) is 57.2 Å². The summed E-state index contributed by atoms with van der Waals surface area (Å²) >= 11 is 0. The number of carbonyl (C=O) groups is 5. The van der Waals surface area contributed by atoms with Gasteiger partial charge in [0.25, 0.3) is 5.56 Å². The second-order valence-corrected chi connectivity index (χ2v) is 11.6. The first-order chi connectivity index (χ1) is 29.4. The molecule has 0 radical (unpaired) electrons. The molecule has 5 rings (SSSR count). The van der Waals surface area contributed by atoms with E-state index in [1.807, 2.05) is 91.0 Å². The number of aromatic amines is 1. The number of esters is 4. The van der Waals surface area contributed by atoms with Crippen LogP contribution in [0.3, 0.4) is 0 Å². The van der Waals surface area contributed by atoms with Crippen LogP contribution in [0, 0.1) is 0 Å². The number of H-pyrrole nitrogens is 1. The largest absolute Gasteiger partial charge is 0.500 e. The Balaban J connectivity index is 0.000000284. The van der Waals surface area contributed by atoms with Crippen molar-refractivity contribution in [2.45, 2.75) is 41.5 Å². The van der Waals surface area contributed by atoms with Crippen molar-refractivity contribution >= 4 is 35.5 Å². The normalized spacial score (nSPS) is 9.62. The van der Waals surface area contributed by atoms with Crippen molar-refractivity contribution in [2.75, 3.05) is 45.6 Å². The van der Waals surface area contributed by atoms with Crippen LogP contribution in [0.15, 0.2) is 120 Å². The molecule has 0 spiro atoms. The molecule has 0 saturated carbocycles. The molecule has 2 aromatic heterocycles. The van der Waals surface area contributed by atoms with Crippen molar-refractivity contribution in [3.63, 3.8) is 0 Å². The van der Waals surface area contributed by atoms with Gasteiger partial charge < -0.3 is 28.4 Å². The lowest BCUT2D eigenvalue weighted by Gasteiger charge is -2.06. The van der Waals surface area contributed by atoms with Crippen LogP contribution in [0.2, 0.25) is 0 Å².